The summed E-state index contributed by atoms with van der Waals surface area (Å²) in [5.41, 5.74) is 11.0. The fourth-order valence-corrected chi connectivity index (χ4v) is 2.52. The number of hydrogen-bond acceptors (Lipinski definition) is 2. The molecule has 3 rings (SSSR count). The molecule has 0 saturated heterocycles. The number of nitrogens with zero attached hydrogens (tertiary/aromatic N) is 1. The lowest BCUT2D eigenvalue weighted by atomic mass is 9.96. The number of para-hydroxylation sites is 1. The first-order valence-corrected chi connectivity index (χ1v) is 6.97. The molecule has 0 amide bonds. The molecule has 2 aromatic carbocycles. The molecule has 2 N–H and O–H groups in total. The zero-order valence-electron chi connectivity index (χ0n) is 11.6. The van der Waals surface area contributed by atoms with Gasteiger partial charge in [-0.2, -0.15) is 0 Å². The van der Waals surface area contributed by atoms with Gasteiger partial charge in [0.25, 0.3) is 0 Å². The first kappa shape index (κ1) is 12.8. The summed E-state index contributed by atoms with van der Waals surface area (Å²) >= 11 is 0. The fourth-order valence-electron chi connectivity index (χ4n) is 2.52. The highest BCUT2D eigenvalue weighted by Gasteiger charge is 2.12. The van der Waals surface area contributed by atoms with Gasteiger partial charge in [-0.3, -0.25) is 4.98 Å². The van der Waals surface area contributed by atoms with E-state index in [-0.39, 0.29) is 6.04 Å². The van der Waals surface area contributed by atoms with Crippen LogP contribution in [0.25, 0.3) is 10.9 Å². The van der Waals surface area contributed by atoms with Crippen LogP contribution in [-0.4, -0.2) is 4.98 Å². The standard InChI is InChI=1S/C18H18N2/c1-2-13-8-10-14(11-9-13)17(19)16-7-3-5-15-6-4-12-20-18(15)16/h3-12,17H,2,19H2,1H3. The van der Waals surface area contributed by atoms with Crippen molar-refractivity contribution in [3.8, 4) is 0 Å². The van der Waals surface area contributed by atoms with Crippen LogP contribution in [0.1, 0.15) is 29.7 Å². The van der Waals surface area contributed by atoms with Gasteiger partial charge in [-0.15, -0.1) is 0 Å². The van der Waals surface area contributed by atoms with E-state index in [9.17, 15) is 0 Å². The van der Waals surface area contributed by atoms with Gasteiger partial charge in [0.15, 0.2) is 0 Å². The molecule has 0 spiro atoms. The number of rotatable bonds is 3. The minimum Gasteiger partial charge on any atom is -0.320 e. The number of aromatic nitrogens is 1. The van der Waals surface area contributed by atoms with Gasteiger partial charge in [0.05, 0.1) is 11.6 Å². The molecule has 0 aliphatic rings. The molecule has 2 heteroatoms. The topological polar surface area (TPSA) is 38.9 Å². The van der Waals surface area contributed by atoms with Crippen molar-refractivity contribution < 1.29 is 0 Å². The average Bonchev–Trinajstić information content (AvgIpc) is 2.54. The van der Waals surface area contributed by atoms with E-state index in [1.165, 1.54) is 5.56 Å². The fraction of sp³-hybridized carbons (Fsp3) is 0.167. The Balaban J connectivity index is 2.05. The van der Waals surface area contributed by atoms with Crippen molar-refractivity contribution in [2.24, 2.45) is 5.73 Å². The van der Waals surface area contributed by atoms with E-state index >= 15 is 0 Å². The Bertz CT molecular complexity index is 712. The lowest BCUT2D eigenvalue weighted by molar-refractivity contribution is 0.875. The highest BCUT2D eigenvalue weighted by atomic mass is 14.7. The van der Waals surface area contributed by atoms with Crippen molar-refractivity contribution in [3.05, 3.63) is 77.5 Å². The van der Waals surface area contributed by atoms with Crippen LogP contribution in [0.2, 0.25) is 0 Å². The van der Waals surface area contributed by atoms with Crippen LogP contribution in [0.5, 0.6) is 0 Å². The van der Waals surface area contributed by atoms with Crippen molar-refractivity contribution in [3.63, 3.8) is 0 Å². The van der Waals surface area contributed by atoms with Crippen LogP contribution < -0.4 is 5.73 Å². The Morgan fingerprint density at radius 2 is 1.75 bits per heavy atom. The summed E-state index contributed by atoms with van der Waals surface area (Å²) < 4.78 is 0. The molecule has 0 radical (unpaired) electrons. The van der Waals surface area contributed by atoms with E-state index in [2.05, 4.69) is 54.4 Å². The van der Waals surface area contributed by atoms with Crippen molar-refractivity contribution in [2.45, 2.75) is 19.4 Å². The van der Waals surface area contributed by atoms with Crippen LogP contribution in [0.3, 0.4) is 0 Å². The van der Waals surface area contributed by atoms with Gasteiger partial charge in [-0.05, 0) is 29.2 Å². The summed E-state index contributed by atoms with van der Waals surface area (Å²) in [7, 11) is 0. The largest absolute Gasteiger partial charge is 0.320 e. The molecule has 2 nitrogen and oxygen atoms in total. The number of hydrogen-bond donors (Lipinski definition) is 1. The van der Waals surface area contributed by atoms with Crippen LogP contribution >= 0.6 is 0 Å². The maximum atomic E-state index is 6.43. The summed E-state index contributed by atoms with van der Waals surface area (Å²) in [5, 5.41) is 1.13. The Labute approximate surface area is 119 Å². The number of pyridine rings is 1. The SMILES string of the molecule is CCc1ccc(C(N)c2cccc3cccnc23)cc1. The quantitative estimate of drug-likeness (QED) is 0.778. The van der Waals surface area contributed by atoms with Crippen molar-refractivity contribution >= 4 is 10.9 Å². The van der Waals surface area contributed by atoms with Crippen molar-refractivity contribution in [1.29, 1.82) is 0 Å². The van der Waals surface area contributed by atoms with E-state index in [4.69, 9.17) is 5.73 Å². The smallest absolute Gasteiger partial charge is 0.0753 e. The van der Waals surface area contributed by atoms with Crippen LogP contribution in [-0.2, 0) is 6.42 Å². The molecule has 1 unspecified atom stereocenters. The minimum absolute atomic E-state index is 0.139. The number of aryl methyl sites for hydroxylation is 1. The molecule has 0 bridgehead atoms. The van der Waals surface area contributed by atoms with Crippen molar-refractivity contribution in [1.82, 2.24) is 4.98 Å². The van der Waals surface area contributed by atoms with Crippen LogP contribution in [0.4, 0.5) is 0 Å². The Hall–Kier alpha value is -2.19. The molecule has 100 valence electrons. The molecule has 3 aromatic rings. The molecule has 1 atom stereocenters. The van der Waals surface area contributed by atoms with E-state index in [1.807, 2.05) is 18.3 Å². The second-order valence-corrected chi connectivity index (χ2v) is 5.00. The average molecular weight is 262 g/mol. The molecule has 0 aliphatic carbocycles. The van der Waals surface area contributed by atoms with Gasteiger partial charge < -0.3 is 5.73 Å². The summed E-state index contributed by atoms with van der Waals surface area (Å²) in [6, 6.07) is 18.6. The Morgan fingerprint density at radius 1 is 1.00 bits per heavy atom. The lowest BCUT2D eigenvalue weighted by Gasteiger charge is -2.15. The van der Waals surface area contributed by atoms with Crippen LogP contribution in [0, 0.1) is 0 Å². The normalized spacial score (nSPS) is 12.5. The van der Waals surface area contributed by atoms with Gasteiger partial charge in [-0.1, -0.05) is 55.5 Å². The molecule has 1 aromatic heterocycles. The van der Waals surface area contributed by atoms with Gasteiger partial charge in [0.1, 0.15) is 0 Å². The zero-order valence-corrected chi connectivity index (χ0v) is 11.6. The van der Waals surface area contributed by atoms with Gasteiger partial charge in [0.2, 0.25) is 0 Å². The monoisotopic (exact) mass is 262 g/mol. The van der Waals surface area contributed by atoms with E-state index in [1.54, 1.807) is 0 Å². The lowest BCUT2D eigenvalue weighted by Crippen LogP contribution is -2.12. The summed E-state index contributed by atoms with van der Waals surface area (Å²) in [6.45, 7) is 2.16. The van der Waals surface area contributed by atoms with Crippen molar-refractivity contribution in [2.75, 3.05) is 0 Å². The minimum atomic E-state index is -0.139. The number of fused-ring (bicyclic) bond motifs is 1. The molecule has 0 saturated carbocycles. The predicted molar refractivity (Wildman–Crippen MR) is 83.6 cm³/mol. The van der Waals surface area contributed by atoms with Gasteiger partial charge in [-0.25, -0.2) is 0 Å². The second-order valence-electron chi connectivity index (χ2n) is 5.00. The maximum absolute atomic E-state index is 6.43. The molecule has 20 heavy (non-hydrogen) atoms. The molecular formula is C18H18N2. The first-order chi connectivity index (χ1) is 9.79. The highest BCUT2D eigenvalue weighted by molar-refractivity contribution is 5.82. The second kappa shape index (κ2) is 5.43. The van der Waals surface area contributed by atoms with E-state index in [0.717, 1.165) is 28.5 Å². The molecule has 0 fully saturated rings. The third-order valence-corrected chi connectivity index (χ3v) is 3.75. The van der Waals surface area contributed by atoms with Gasteiger partial charge in [0, 0.05) is 11.6 Å². The summed E-state index contributed by atoms with van der Waals surface area (Å²) in [6.07, 6.45) is 2.87. The first-order valence-electron chi connectivity index (χ1n) is 6.97. The summed E-state index contributed by atoms with van der Waals surface area (Å²) in [5.74, 6) is 0. The van der Waals surface area contributed by atoms with Crippen LogP contribution in [0.15, 0.2) is 60.8 Å². The van der Waals surface area contributed by atoms with E-state index in [0.29, 0.717) is 0 Å². The predicted octanol–water partition coefficient (Wildman–Crippen LogP) is 3.85. The number of benzene rings is 2. The zero-order chi connectivity index (χ0) is 13.9. The Morgan fingerprint density at radius 3 is 2.50 bits per heavy atom. The van der Waals surface area contributed by atoms with Gasteiger partial charge >= 0.3 is 0 Å². The molecule has 1 heterocycles. The third kappa shape index (κ3) is 2.30. The molecule has 0 aliphatic heterocycles. The van der Waals surface area contributed by atoms with E-state index < -0.39 is 0 Å². The Kier molecular flexibility index (Phi) is 3.48. The number of nitrogens with two attached hydrogens (primary N) is 1. The summed E-state index contributed by atoms with van der Waals surface area (Å²) in [4.78, 5) is 4.48. The molecular weight excluding hydrogens is 244 g/mol. The maximum Gasteiger partial charge on any atom is 0.0753 e. The third-order valence-electron chi connectivity index (χ3n) is 3.75. The highest BCUT2D eigenvalue weighted by Crippen LogP contribution is 2.26.